The van der Waals surface area contributed by atoms with Gasteiger partial charge in [-0.1, -0.05) is 6.92 Å². The van der Waals surface area contributed by atoms with Crippen LogP contribution in [-0.4, -0.2) is 34.1 Å². The lowest BCUT2D eigenvalue weighted by Gasteiger charge is -2.23. The SMILES string of the molecule is CCC(CNCc1cnn(C)c1)NC(=O)OC(C)(C)C. The fourth-order valence-corrected chi connectivity index (χ4v) is 1.73. The van der Waals surface area contributed by atoms with Crippen LogP contribution in [0.5, 0.6) is 0 Å². The Kier molecular flexibility index (Phi) is 6.01. The van der Waals surface area contributed by atoms with Gasteiger partial charge < -0.3 is 15.4 Å². The Morgan fingerprint density at radius 2 is 2.20 bits per heavy atom. The zero-order valence-electron chi connectivity index (χ0n) is 13.1. The second kappa shape index (κ2) is 7.28. The molecule has 1 aromatic heterocycles. The number of nitrogens with one attached hydrogen (secondary N) is 2. The largest absolute Gasteiger partial charge is 0.444 e. The van der Waals surface area contributed by atoms with Crippen molar-refractivity contribution < 1.29 is 9.53 Å². The monoisotopic (exact) mass is 282 g/mol. The Hall–Kier alpha value is -1.56. The van der Waals surface area contributed by atoms with Gasteiger partial charge in [0, 0.05) is 37.9 Å². The van der Waals surface area contributed by atoms with Gasteiger partial charge in [0.15, 0.2) is 0 Å². The van der Waals surface area contributed by atoms with E-state index in [1.807, 2.05) is 47.1 Å². The van der Waals surface area contributed by atoms with Crippen LogP contribution in [0, 0.1) is 0 Å². The molecule has 0 bridgehead atoms. The second-order valence-corrected chi connectivity index (χ2v) is 5.90. The minimum Gasteiger partial charge on any atom is -0.444 e. The van der Waals surface area contributed by atoms with E-state index in [9.17, 15) is 4.79 Å². The second-order valence-electron chi connectivity index (χ2n) is 5.90. The molecule has 1 unspecified atom stereocenters. The molecule has 1 heterocycles. The van der Waals surface area contributed by atoms with Crippen molar-refractivity contribution >= 4 is 6.09 Å². The van der Waals surface area contributed by atoms with Crippen molar-refractivity contribution in [3.05, 3.63) is 18.0 Å². The van der Waals surface area contributed by atoms with Crippen molar-refractivity contribution in [1.82, 2.24) is 20.4 Å². The molecule has 0 spiro atoms. The molecule has 1 aromatic rings. The number of rotatable bonds is 6. The fraction of sp³-hybridized carbons (Fsp3) is 0.714. The Balaban J connectivity index is 2.30. The summed E-state index contributed by atoms with van der Waals surface area (Å²) in [4.78, 5) is 11.7. The number of aryl methyl sites for hydroxylation is 1. The zero-order chi connectivity index (χ0) is 15.2. The van der Waals surface area contributed by atoms with Gasteiger partial charge in [-0.25, -0.2) is 4.79 Å². The van der Waals surface area contributed by atoms with Crippen LogP contribution in [0.4, 0.5) is 4.79 Å². The quantitative estimate of drug-likeness (QED) is 0.835. The molecule has 114 valence electrons. The Morgan fingerprint density at radius 3 is 2.70 bits per heavy atom. The van der Waals surface area contributed by atoms with Gasteiger partial charge in [-0.3, -0.25) is 4.68 Å². The van der Waals surface area contributed by atoms with Gasteiger partial charge >= 0.3 is 6.09 Å². The first-order chi connectivity index (χ1) is 9.30. The van der Waals surface area contributed by atoms with Crippen molar-refractivity contribution in [2.45, 2.75) is 52.3 Å². The minimum atomic E-state index is -0.467. The Morgan fingerprint density at radius 1 is 1.50 bits per heavy atom. The smallest absolute Gasteiger partial charge is 0.407 e. The zero-order valence-corrected chi connectivity index (χ0v) is 13.1. The lowest BCUT2D eigenvalue weighted by molar-refractivity contribution is 0.0502. The molecular weight excluding hydrogens is 256 g/mol. The fourth-order valence-electron chi connectivity index (χ4n) is 1.73. The Labute approximate surface area is 120 Å². The molecule has 2 N–H and O–H groups in total. The molecule has 0 saturated heterocycles. The van der Waals surface area contributed by atoms with Gasteiger partial charge in [0.25, 0.3) is 0 Å². The summed E-state index contributed by atoms with van der Waals surface area (Å²) >= 11 is 0. The minimum absolute atomic E-state index is 0.0570. The number of nitrogens with zero attached hydrogens (tertiary/aromatic N) is 2. The predicted molar refractivity (Wildman–Crippen MR) is 78.4 cm³/mol. The topological polar surface area (TPSA) is 68.2 Å². The summed E-state index contributed by atoms with van der Waals surface area (Å²) in [6, 6.07) is 0.0570. The third-order valence-electron chi connectivity index (χ3n) is 2.69. The van der Waals surface area contributed by atoms with Crippen molar-refractivity contribution in [1.29, 1.82) is 0 Å². The van der Waals surface area contributed by atoms with E-state index in [1.54, 1.807) is 4.68 Å². The lowest BCUT2D eigenvalue weighted by Crippen LogP contribution is -2.43. The molecule has 0 radical (unpaired) electrons. The maximum atomic E-state index is 11.7. The molecular formula is C14H26N4O2. The van der Waals surface area contributed by atoms with Crippen molar-refractivity contribution in [3.8, 4) is 0 Å². The van der Waals surface area contributed by atoms with Crippen molar-refractivity contribution in [2.75, 3.05) is 6.54 Å². The maximum absolute atomic E-state index is 11.7. The third kappa shape index (κ3) is 6.56. The van der Waals surface area contributed by atoms with Crippen LogP contribution >= 0.6 is 0 Å². The average molecular weight is 282 g/mol. The van der Waals surface area contributed by atoms with Crippen LogP contribution in [0.2, 0.25) is 0 Å². The molecule has 6 nitrogen and oxygen atoms in total. The highest BCUT2D eigenvalue weighted by Crippen LogP contribution is 2.07. The van der Waals surface area contributed by atoms with Crippen molar-refractivity contribution in [2.24, 2.45) is 7.05 Å². The summed E-state index contributed by atoms with van der Waals surface area (Å²) in [5.41, 5.74) is 0.658. The molecule has 0 aromatic carbocycles. The van der Waals surface area contributed by atoms with Gasteiger partial charge in [0.2, 0.25) is 0 Å². The average Bonchev–Trinajstić information content (AvgIpc) is 2.71. The molecule has 0 saturated carbocycles. The van der Waals surface area contributed by atoms with E-state index in [-0.39, 0.29) is 12.1 Å². The van der Waals surface area contributed by atoms with Crippen LogP contribution in [0.15, 0.2) is 12.4 Å². The number of hydrogen-bond donors (Lipinski definition) is 2. The van der Waals surface area contributed by atoms with E-state index in [0.29, 0.717) is 6.54 Å². The van der Waals surface area contributed by atoms with Crippen LogP contribution in [0.3, 0.4) is 0 Å². The highest BCUT2D eigenvalue weighted by Gasteiger charge is 2.18. The summed E-state index contributed by atoms with van der Waals surface area (Å²) in [5, 5.41) is 10.3. The van der Waals surface area contributed by atoms with Gasteiger partial charge in [-0.15, -0.1) is 0 Å². The van der Waals surface area contributed by atoms with Crippen LogP contribution < -0.4 is 10.6 Å². The van der Waals surface area contributed by atoms with Gasteiger partial charge in [0.05, 0.1) is 6.20 Å². The normalized spacial score (nSPS) is 13.1. The molecule has 0 aliphatic heterocycles. The van der Waals surface area contributed by atoms with Gasteiger partial charge in [-0.2, -0.15) is 5.10 Å². The van der Waals surface area contributed by atoms with E-state index in [2.05, 4.69) is 15.7 Å². The van der Waals surface area contributed by atoms with E-state index in [1.165, 1.54) is 0 Å². The molecule has 1 rings (SSSR count). The number of carbonyl (C=O) groups is 1. The summed E-state index contributed by atoms with van der Waals surface area (Å²) < 4.78 is 7.02. The van der Waals surface area contributed by atoms with Gasteiger partial charge in [0.1, 0.15) is 5.60 Å². The molecule has 6 heteroatoms. The number of aromatic nitrogens is 2. The van der Waals surface area contributed by atoms with E-state index in [4.69, 9.17) is 4.74 Å². The number of carbonyl (C=O) groups excluding carboxylic acids is 1. The molecule has 0 aliphatic carbocycles. The summed E-state index contributed by atoms with van der Waals surface area (Å²) in [6.45, 7) is 9.04. The highest BCUT2D eigenvalue weighted by molar-refractivity contribution is 5.68. The molecule has 0 aliphatic rings. The maximum Gasteiger partial charge on any atom is 0.407 e. The van der Waals surface area contributed by atoms with E-state index < -0.39 is 5.60 Å². The Bertz CT molecular complexity index is 423. The molecule has 20 heavy (non-hydrogen) atoms. The predicted octanol–water partition coefficient (Wildman–Crippen LogP) is 1.81. The lowest BCUT2D eigenvalue weighted by atomic mass is 10.2. The van der Waals surface area contributed by atoms with Crippen molar-refractivity contribution in [3.63, 3.8) is 0 Å². The summed E-state index contributed by atoms with van der Waals surface area (Å²) in [5.74, 6) is 0. The third-order valence-corrected chi connectivity index (χ3v) is 2.69. The van der Waals surface area contributed by atoms with E-state index >= 15 is 0 Å². The number of ether oxygens (including phenoxy) is 1. The van der Waals surface area contributed by atoms with Crippen LogP contribution in [-0.2, 0) is 18.3 Å². The molecule has 0 fully saturated rings. The van der Waals surface area contributed by atoms with E-state index in [0.717, 1.165) is 18.5 Å². The summed E-state index contributed by atoms with van der Waals surface area (Å²) in [6.07, 6.45) is 4.27. The van der Waals surface area contributed by atoms with Crippen LogP contribution in [0.1, 0.15) is 39.7 Å². The highest BCUT2D eigenvalue weighted by atomic mass is 16.6. The number of alkyl carbamates (subject to hydrolysis) is 1. The van der Waals surface area contributed by atoms with Gasteiger partial charge in [-0.05, 0) is 27.2 Å². The standard InChI is InChI=1S/C14H26N4O2/c1-6-12(17-13(19)20-14(2,3)4)9-15-7-11-8-16-18(5)10-11/h8,10,12,15H,6-7,9H2,1-5H3,(H,17,19). The molecule has 1 amide bonds. The first-order valence-electron chi connectivity index (χ1n) is 6.98. The summed E-state index contributed by atoms with van der Waals surface area (Å²) in [7, 11) is 1.89. The first-order valence-corrected chi connectivity index (χ1v) is 6.98. The first kappa shape index (κ1) is 16.5. The number of hydrogen-bond acceptors (Lipinski definition) is 4. The van der Waals surface area contributed by atoms with Crippen LogP contribution in [0.25, 0.3) is 0 Å². The molecule has 1 atom stereocenters. The number of amides is 1.